The van der Waals surface area contributed by atoms with Crippen LogP contribution in [0, 0.1) is 5.92 Å². The molecule has 0 radical (unpaired) electrons. The molecule has 2 atom stereocenters. The number of halogens is 1. The van der Waals surface area contributed by atoms with Gasteiger partial charge in [0.25, 0.3) is 0 Å². The zero-order valence-corrected chi connectivity index (χ0v) is 12.1. The van der Waals surface area contributed by atoms with Crippen molar-refractivity contribution in [2.45, 2.75) is 6.04 Å². The van der Waals surface area contributed by atoms with E-state index in [-0.39, 0.29) is 11.9 Å². The summed E-state index contributed by atoms with van der Waals surface area (Å²) in [4.78, 5) is 25.4. The van der Waals surface area contributed by atoms with Crippen molar-refractivity contribution < 1.29 is 9.59 Å². The molecule has 1 aromatic carbocycles. The highest BCUT2D eigenvalue weighted by Crippen LogP contribution is 2.31. The fraction of sp³-hybridized carbons (Fsp3) is 0.286. The van der Waals surface area contributed by atoms with Gasteiger partial charge in [-0.25, -0.2) is 4.79 Å². The van der Waals surface area contributed by atoms with Crippen LogP contribution in [0.15, 0.2) is 36.5 Å². The van der Waals surface area contributed by atoms with Gasteiger partial charge in [-0.2, -0.15) is 0 Å². The molecule has 1 aliphatic rings. The number of nitrogens with zero attached hydrogens (tertiary/aromatic N) is 1. The van der Waals surface area contributed by atoms with E-state index in [1.165, 1.54) is 4.90 Å². The van der Waals surface area contributed by atoms with E-state index < -0.39 is 12.0 Å². The molecule has 20 heavy (non-hydrogen) atoms. The molecular formula is C14H16ClN3O2. The first-order valence-corrected chi connectivity index (χ1v) is 6.51. The Balaban J connectivity index is 2.39. The summed E-state index contributed by atoms with van der Waals surface area (Å²) in [5.41, 5.74) is 1.21. The van der Waals surface area contributed by atoms with Gasteiger partial charge in [0.05, 0.1) is 6.04 Å². The molecule has 2 rings (SSSR count). The number of carbonyl (C=O) groups excluding carboxylic acids is 2. The lowest BCUT2D eigenvalue weighted by molar-refractivity contribution is -0.132. The van der Waals surface area contributed by atoms with E-state index in [0.29, 0.717) is 10.7 Å². The first-order valence-electron chi connectivity index (χ1n) is 6.13. The third kappa shape index (κ3) is 2.77. The van der Waals surface area contributed by atoms with Crippen molar-refractivity contribution in [2.24, 2.45) is 5.92 Å². The summed E-state index contributed by atoms with van der Waals surface area (Å²) >= 11 is 5.86. The average Bonchev–Trinajstić information content (AvgIpc) is 2.38. The molecule has 0 spiro atoms. The van der Waals surface area contributed by atoms with Crippen LogP contribution >= 0.6 is 11.6 Å². The van der Waals surface area contributed by atoms with E-state index in [1.54, 1.807) is 38.4 Å². The van der Waals surface area contributed by atoms with Crippen LogP contribution in [0.3, 0.4) is 0 Å². The van der Waals surface area contributed by atoms with Crippen molar-refractivity contribution >= 4 is 23.5 Å². The van der Waals surface area contributed by atoms with Gasteiger partial charge >= 0.3 is 6.03 Å². The minimum atomic E-state index is -0.552. The van der Waals surface area contributed by atoms with E-state index in [9.17, 15) is 9.59 Å². The zero-order valence-electron chi connectivity index (χ0n) is 11.3. The van der Waals surface area contributed by atoms with Crippen LogP contribution in [-0.4, -0.2) is 30.9 Å². The van der Waals surface area contributed by atoms with E-state index in [1.807, 2.05) is 0 Å². The Morgan fingerprint density at radius 1 is 1.30 bits per heavy atom. The van der Waals surface area contributed by atoms with Crippen LogP contribution in [0.5, 0.6) is 0 Å². The van der Waals surface area contributed by atoms with Crippen LogP contribution in [0.4, 0.5) is 4.79 Å². The Kier molecular flexibility index (Phi) is 3.99. The largest absolute Gasteiger partial charge is 0.348 e. The van der Waals surface area contributed by atoms with Gasteiger partial charge < -0.3 is 15.5 Å². The molecule has 0 saturated carbocycles. The summed E-state index contributed by atoms with van der Waals surface area (Å²) in [6.45, 7) is 3.80. The van der Waals surface area contributed by atoms with Crippen LogP contribution in [0.2, 0.25) is 5.02 Å². The van der Waals surface area contributed by atoms with Crippen molar-refractivity contribution in [2.75, 3.05) is 14.1 Å². The van der Waals surface area contributed by atoms with Gasteiger partial charge in [0.2, 0.25) is 5.91 Å². The predicted octanol–water partition coefficient (Wildman–Crippen LogP) is 1.91. The van der Waals surface area contributed by atoms with E-state index >= 15 is 0 Å². The van der Waals surface area contributed by atoms with Gasteiger partial charge in [0.15, 0.2) is 0 Å². The molecule has 1 heterocycles. The number of amides is 3. The highest BCUT2D eigenvalue weighted by atomic mass is 35.5. The normalized spacial score (nSPS) is 21.9. The Labute approximate surface area is 122 Å². The Morgan fingerprint density at radius 3 is 2.45 bits per heavy atom. The molecular weight excluding hydrogens is 278 g/mol. The van der Waals surface area contributed by atoms with Crippen molar-refractivity contribution in [3.63, 3.8) is 0 Å². The standard InChI is InChI=1S/C14H16ClN3O2/c1-8-11(13(19)18(2)3)12(17-14(20)16-8)9-4-6-10(15)7-5-9/h4-7,11-12H,1H2,2-3H3,(H2,16,17,20). The molecule has 5 nitrogen and oxygen atoms in total. The third-order valence-corrected chi connectivity index (χ3v) is 3.46. The number of nitrogens with one attached hydrogen (secondary N) is 2. The van der Waals surface area contributed by atoms with Gasteiger partial charge in [-0.15, -0.1) is 0 Å². The number of urea groups is 1. The topological polar surface area (TPSA) is 61.4 Å². The SMILES string of the molecule is C=C1NC(=O)NC(c2ccc(Cl)cc2)C1C(=O)N(C)C. The van der Waals surface area contributed by atoms with Crippen LogP contribution in [-0.2, 0) is 4.79 Å². The first-order chi connectivity index (χ1) is 9.40. The maximum Gasteiger partial charge on any atom is 0.319 e. The van der Waals surface area contributed by atoms with Crippen molar-refractivity contribution in [3.8, 4) is 0 Å². The number of hydrogen-bond acceptors (Lipinski definition) is 2. The average molecular weight is 294 g/mol. The summed E-state index contributed by atoms with van der Waals surface area (Å²) in [6.07, 6.45) is 0. The van der Waals surface area contributed by atoms with Crippen molar-refractivity contribution in [1.82, 2.24) is 15.5 Å². The van der Waals surface area contributed by atoms with Gasteiger partial charge in [-0.05, 0) is 17.7 Å². The lowest BCUT2D eigenvalue weighted by Gasteiger charge is -2.35. The fourth-order valence-corrected chi connectivity index (χ4v) is 2.33. The number of rotatable bonds is 2. The lowest BCUT2D eigenvalue weighted by atomic mass is 9.88. The van der Waals surface area contributed by atoms with Crippen molar-refractivity contribution in [1.29, 1.82) is 0 Å². The van der Waals surface area contributed by atoms with Gasteiger partial charge in [0, 0.05) is 24.8 Å². The molecule has 1 fully saturated rings. The second-order valence-corrected chi connectivity index (χ2v) is 5.30. The minimum Gasteiger partial charge on any atom is -0.348 e. The van der Waals surface area contributed by atoms with Crippen molar-refractivity contribution in [3.05, 3.63) is 47.1 Å². The lowest BCUT2D eigenvalue weighted by Crippen LogP contribution is -2.52. The van der Waals surface area contributed by atoms with E-state index in [4.69, 9.17) is 11.6 Å². The summed E-state index contributed by atoms with van der Waals surface area (Å²) < 4.78 is 0. The van der Waals surface area contributed by atoms with Gasteiger partial charge in [0.1, 0.15) is 5.92 Å². The molecule has 1 aromatic rings. The Morgan fingerprint density at radius 2 is 1.90 bits per heavy atom. The monoisotopic (exact) mass is 293 g/mol. The summed E-state index contributed by atoms with van der Waals surface area (Å²) in [5, 5.41) is 5.93. The highest BCUT2D eigenvalue weighted by molar-refractivity contribution is 6.30. The van der Waals surface area contributed by atoms with Gasteiger partial charge in [-0.1, -0.05) is 30.3 Å². The number of benzene rings is 1. The molecule has 0 aromatic heterocycles. The third-order valence-electron chi connectivity index (χ3n) is 3.21. The zero-order chi connectivity index (χ0) is 14.9. The molecule has 3 amide bonds. The maximum atomic E-state index is 12.3. The molecule has 0 aliphatic carbocycles. The smallest absolute Gasteiger partial charge is 0.319 e. The predicted molar refractivity (Wildman–Crippen MR) is 77.2 cm³/mol. The molecule has 0 bridgehead atoms. The molecule has 6 heteroatoms. The second-order valence-electron chi connectivity index (χ2n) is 4.86. The van der Waals surface area contributed by atoms with Crippen LogP contribution in [0.1, 0.15) is 11.6 Å². The van der Waals surface area contributed by atoms with Crippen LogP contribution < -0.4 is 10.6 Å². The summed E-state index contributed by atoms with van der Waals surface area (Å²) in [5.74, 6) is -0.675. The number of hydrogen-bond donors (Lipinski definition) is 2. The number of carbonyl (C=O) groups is 2. The van der Waals surface area contributed by atoms with E-state index in [2.05, 4.69) is 17.2 Å². The molecule has 2 N–H and O–H groups in total. The molecule has 2 unspecified atom stereocenters. The summed E-state index contributed by atoms with van der Waals surface area (Å²) in [6, 6.07) is 6.22. The van der Waals surface area contributed by atoms with E-state index in [0.717, 1.165) is 5.56 Å². The molecule has 1 saturated heterocycles. The first kappa shape index (κ1) is 14.4. The fourth-order valence-electron chi connectivity index (χ4n) is 2.20. The Hall–Kier alpha value is -2.01. The minimum absolute atomic E-state index is 0.123. The quantitative estimate of drug-likeness (QED) is 0.875. The maximum absolute atomic E-state index is 12.3. The second kappa shape index (κ2) is 5.54. The summed E-state index contributed by atoms with van der Waals surface area (Å²) in [7, 11) is 3.34. The van der Waals surface area contributed by atoms with Gasteiger partial charge in [-0.3, -0.25) is 4.79 Å². The molecule has 106 valence electrons. The Bertz CT molecular complexity index is 554. The van der Waals surface area contributed by atoms with Crippen LogP contribution in [0.25, 0.3) is 0 Å². The highest BCUT2D eigenvalue weighted by Gasteiger charge is 2.38. The molecule has 1 aliphatic heterocycles.